The highest BCUT2D eigenvalue weighted by Gasteiger charge is 2.30. The third-order valence-corrected chi connectivity index (χ3v) is 6.57. The van der Waals surface area contributed by atoms with Crippen LogP contribution in [0, 0.1) is 6.92 Å². The molecule has 26 heavy (non-hydrogen) atoms. The van der Waals surface area contributed by atoms with Crippen LogP contribution in [0.2, 0.25) is 0 Å². The van der Waals surface area contributed by atoms with Crippen molar-refractivity contribution in [3.8, 4) is 10.7 Å². The SMILES string of the molecule is Cc1ccc(NC(=O)C(C)S(=O)(=O)Cc2nc(-c3cccs3)no2)cc1. The molecule has 7 nitrogen and oxygen atoms in total. The van der Waals surface area contributed by atoms with Crippen molar-refractivity contribution < 1.29 is 17.7 Å². The lowest BCUT2D eigenvalue weighted by molar-refractivity contribution is -0.115. The van der Waals surface area contributed by atoms with Crippen LogP contribution in [0.3, 0.4) is 0 Å². The van der Waals surface area contributed by atoms with E-state index in [2.05, 4.69) is 15.5 Å². The molecule has 2 aromatic heterocycles. The summed E-state index contributed by atoms with van der Waals surface area (Å²) in [5, 5.41) is 7.00. The van der Waals surface area contributed by atoms with E-state index in [4.69, 9.17) is 4.52 Å². The van der Waals surface area contributed by atoms with E-state index in [1.165, 1.54) is 18.3 Å². The summed E-state index contributed by atoms with van der Waals surface area (Å²) >= 11 is 1.42. The fraction of sp³-hybridized carbons (Fsp3) is 0.235. The Balaban J connectivity index is 1.68. The molecular weight excluding hydrogens is 374 g/mol. The average molecular weight is 391 g/mol. The summed E-state index contributed by atoms with van der Waals surface area (Å²) in [6, 6.07) is 10.8. The van der Waals surface area contributed by atoms with Gasteiger partial charge in [0.05, 0.1) is 4.88 Å². The molecule has 3 aromatic rings. The number of aromatic nitrogens is 2. The number of nitrogens with one attached hydrogen (secondary N) is 1. The van der Waals surface area contributed by atoms with Crippen molar-refractivity contribution in [3.63, 3.8) is 0 Å². The molecule has 9 heteroatoms. The van der Waals surface area contributed by atoms with Gasteiger partial charge in [-0.25, -0.2) is 8.42 Å². The van der Waals surface area contributed by atoms with Gasteiger partial charge in [0.25, 0.3) is 0 Å². The van der Waals surface area contributed by atoms with Gasteiger partial charge in [-0.05, 0) is 37.4 Å². The van der Waals surface area contributed by atoms with Gasteiger partial charge in [-0.3, -0.25) is 4.79 Å². The number of amides is 1. The zero-order valence-corrected chi connectivity index (χ0v) is 15.8. The number of aryl methyl sites for hydroxylation is 1. The monoisotopic (exact) mass is 391 g/mol. The topological polar surface area (TPSA) is 102 Å². The quantitative estimate of drug-likeness (QED) is 0.693. The van der Waals surface area contributed by atoms with E-state index in [1.54, 1.807) is 12.1 Å². The van der Waals surface area contributed by atoms with E-state index >= 15 is 0 Å². The Morgan fingerprint density at radius 2 is 2.00 bits per heavy atom. The second-order valence-electron chi connectivity index (χ2n) is 5.79. The molecule has 0 radical (unpaired) electrons. The summed E-state index contributed by atoms with van der Waals surface area (Å²) in [5.74, 6) is -0.800. The van der Waals surface area contributed by atoms with Crippen molar-refractivity contribution in [2.24, 2.45) is 0 Å². The Bertz CT molecular complexity index is 993. The standard InChI is InChI=1S/C17H17N3O4S2/c1-11-5-7-13(8-6-11)18-17(21)12(2)26(22,23)10-15-19-16(20-24-15)14-4-3-9-25-14/h3-9,12H,10H2,1-2H3,(H,18,21). The Morgan fingerprint density at radius 1 is 1.27 bits per heavy atom. The average Bonchev–Trinajstić information content (AvgIpc) is 3.27. The van der Waals surface area contributed by atoms with Gasteiger partial charge in [-0.1, -0.05) is 28.9 Å². The Labute approximate surface area is 155 Å². The first-order valence-corrected chi connectivity index (χ1v) is 10.4. The van der Waals surface area contributed by atoms with Gasteiger partial charge in [0.2, 0.25) is 17.6 Å². The maximum atomic E-state index is 12.5. The highest BCUT2D eigenvalue weighted by atomic mass is 32.2. The molecule has 0 saturated carbocycles. The third-order valence-electron chi connectivity index (χ3n) is 3.76. The van der Waals surface area contributed by atoms with Crippen molar-refractivity contribution in [1.29, 1.82) is 0 Å². The first kappa shape index (κ1) is 18.3. The van der Waals surface area contributed by atoms with E-state index < -0.39 is 26.7 Å². The molecule has 0 aliphatic carbocycles. The van der Waals surface area contributed by atoms with Gasteiger partial charge >= 0.3 is 0 Å². The zero-order valence-electron chi connectivity index (χ0n) is 14.2. The molecule has 1 atom stereocenters. The molecule has 1 N–H and O–H groups in total. The Kier molecular flexibility index (Phi) is 5.19. The maximum absolute atomic E-state index is 12.5. The molecular formula is C17H17N3O4S2. The maximum Gasteiger partial charge on any atom is 0.242 e. The molecule has 3 rings (SSSR count). The second kappa shape index (κ2) is 7.38. The van der Waals surface area contributed by atoms with Crippen molar-refractivity contribution in [2.75, 3.05) is 5.32 Å². The number of sulfone groups is 1. The number of benzene rings is 1. The van der Waals surface area contributed by atoms with E-state index in [-0.39, 0.29) is 5.89 Å². The van der Waals surface area contributed by atoms with Gasteiger partial charge in [0.1, 0.15) is 11.0 Å². The van der Waals surface area contributed by atoms with Crippen LogP contribution in [0.5, 0.6) is 0 Å². The summed E-state index contributed by atoms with van der Waals surface area (Å²) in [6.45, 7) is 3.27. The zero-order chi connectivity index (χ0) is 18.7. The van der Waals surface area contributed by atoms with Crippen LogP contribution in [0.1, 0.15) is 18.4 Å². The number of nitrogens with zero attached hydrogens (tertiary/aromatic N) is 2. The Hall–Kier alpha value is -2.52. The number of anilines is 1. The van der Waals surface area contributed by atoms with E-state index in [9.17, 15) is 13.2 Å². The predicted octanol–water partition coefficient (Wildman–Crippen LogP) is 3.05. The van der Waals surface area contributed by atoms with Crippen molar-refractivity contribution in [3.05, 3.63) is 53.2 Å². The summed E-state index contributed by atoms with van der Waals surface area (Å²) in [6.07, 6.45) is 0. The number of carbonyl (C=O) groups excluding carboxylic acids is 1. The van der Waals surface area contributed by atoms with Crippen LogP contribution in [0.15, 0.2) is 46.3 Å². The van der Waals surface area contributed by atoms with Crippen molar-refractivity contribution in [2.45, 2.75) is 24.9 Å². The van der Waals surface area contributed by atoms with Gasteiger partial charge in [-0.15, -0.1) is 11.3 Å². The molecule has 1 amide bonds. The number of hydrogen-bond donors (Lipinski definition) is 1. The number of rotatable bonds is 6. The van der Waals surface area contributed by atoms with Gasteiger partial charge in [0, 0.05) is 5.69 Å². The fourth-order valence-corrected chi connectivity index (χ4v) is 3.91. The molecule has 136 valence electrons. The molecule has 0 bridgehead atoms. The molecule has 0 saturated heterocycles. The van der Waals surface area contributed by atoms with Gasteiger partial charge in [-0.2, -0.15) is 4.98 Å². The van der Waals surface area contributed by atoms with Crippen molar-refractivity contribution >= 4 is 32.8 Å². The second-order valence-corrected chi connectivity index (χ2v) is 9.06. The van der Waals surface area contributed by atoms with Gasteiger partial charge < -0.3 is 9.84 Å². The lowest BCUT2D eigenvalue weighted by Crippen LogP contribution is -2.33. The lowest BCUT2D eigenvalue weighted by Gasteiger charge is -2.12. The highest BCUT2D eigenvalue weighted by Crippen LogP contribution is 2.22. The molecule has 1 aromatic carbocycles. The van der Waals surface area contributed by atoms with Crippen LogP contribution in [-0.2, 0) is 20.4 Å². The third kappa shape index (κ3) is 4.17. The van der Waals surface area contributed by atoms with Crippen LogP contribution < -0.4 is 5.32 Å². The summed E-state index contributed by atoms with van der Waals surface area (Å²) < 4.78 is 30.0. The fourth-order valence-electron chi connectivity index (χ4n) is 2.16. The number of thiophene rings is 1. The largest absolute Gasteiger partial charge is 0.338 e. The normalized spacial score (nSPS) is 12.7. The van der Waals surface area contributed by atoms with Crippen LogP contribution in [0.4, 0.5) is 5.69 Å². The molecule has 0 aliphatic rings. The number of carbonyl (C=O) groups is 1. The van der Waals surface area contributed by atoms with Gasteiger partial charge in [0.15, 0.2) is 9.84 Å². The van der Waals surface area contributed by atoms with Crippen molar-refractivity contribution in [1.82, 2.24) is 10.1 Å². The van der Waals surface area contributed by atoms with E-state index in [0.717, 1.165) is 10.4 Å². The van der Waals surface area contributed by atoms with E-state index in [0.29, 0.717) is 11.5 Å². The molecule has 0 fully saturated rings. The molecule has 0 spiro atoms. The first-order valence-electron chi connectivity index (χ1n) is 7.81. The first-order chi connectivity index (χ1) is 12.3. The molecule has 2 heterocycles. The molecule has 0 aliphatic heterocycles. The van der Waals surface area contributed by atoms with Crippen LogP contribution in [-0.4, -0.2) is 29.7 Å². The Morgan fingerprint density at radius 3 is 2.65 bits per heavy atom. The van der Waals surface area contributed by atoms with Crippen LogP contribution >= 0.6 is 11.3 Å². The smallest absolute Gasteiger partial charge is 0.242 e. The summed E-state index contributed by atoms with van der Waals surface area (Å²) in [7, 11) is -3.80. The predicted molar refractivity (Wildman–Crippen MR) is 99.5 cm³/mol. The number of hydrogen-bond acceptors (Lipinski definition) is 7. The molecule has 1 unspecified atom stereocenters. The summed E-state index contributed by atoms with van der Waals surface area (Å²) in [4.78, 5) is 17.1. The minimum Gasteiger partial charge on any atom is -0.338 e. The summed E-state index contributed by atoms with van der Waals surface area (Å²) in [5.41, 5.74) is 1.59. The minimum absolute atomic E-state index is 0.0385. The minimum atomic E-state index is -3.80. The van der Waals surface area contributed by atoms with E-state index in [1.807, 2.05) is 36.6 Å². The lowest BCUT2D eigenvalue weighted by atomic mass is 10.2. The highest BCUT2D eigenvalue weighted by molar-refractivity contribution is 7.92. The van der Waals surface area contributed by atoms with Crippen LogP contribution in [0.25, 0.3) is 10.7 Å².